The lowest BCUT2D eigenvalue weighted by Gasteiger charge is -2.15. The Labute approximate surface area is 157 Å². The van der Waals surface area contributed by atoms with Crippen molar-refractivity contribution in [3.05, 3.63) is 53.1 Å². The van der Waals surface area contributed by atoms with Crippen LogP contribution in [-0.4, -0.2) is 31.7 Å². The van der Waals surface area contributed by atoms with E-state index in [4.69, 9.17) is 25.8 Å². The van der Waals surface area contributed by atoms with E-state index in [1.807, 2.05) is 6.92 Å². The molecule has 0 bridgehead atoms. The molecule has 2 rings (SSSR count). The first-order valence-corrected chi connectivity index (χ1v) is 8.40. The Hall–Kier alpha value is -2.73. The molecular weight excluding hydrogens is 358 g/mol. The van der Waals surface area contributed by atoms with Gasteiger partial charge in [0.25, 0.3) is 5.91 Å². The number of halogens is 1. The molecule has 0 saturated carbocycles. The van der Waals surface area contributed by atoms with Gasteiger partial charge >= 0.3 is 5.97 Å². The van der Waals surface area contributed by atoms with E-state index in [0.29, 0.717) is 28.8 Å². The van der Waals surface area contributed by atoms with Crippen molar-refractivity contribution in [2.75, 3.05) is 19.0 Å². The second-order valence-corrected chi connectivity index (χ2v) is 5.78. The summed E-state index contributed by atoms with van der Waals surface area (Å²) in [5.41, 5.74) is 0.779. The maximum Gasteiger partial charge on any atom is 0.339 e. The molecule has 2 aromatic rings. The minimum Gasteiger partial charge on any atom is -0.493 e. The summed E-state index contributed by atoms with van der Waals surface area (Å²) in [5, 5.41) is 3.14. The standard InChI is InChI=1S/C19H20ClNO5/c1-4-25-16-9-8-13(10-17(16)24-3)19(23)26-12(2)18(22)21-15-7-5-6-14(20)11-15/h5-12H,4H2,1-3H3,(H,21,22)/t12-/m0/s1. The number of rotatable bonds is 7. The van der Waals surface area contributed by atoms with E-state index in [-0.39, 0.29) is 5.56 Å². The summed E-state index contributed by atoms with van der Waals surface area (Å²) < 4.78 is 15.8. The van der Waals surface area contributed by atoms with Crippen molar-refractivity contribution >= 4 is 29.2 Å². The van der Waals surface area contributed by atoms with Gasteiger partial charge in [0.1, 0.15) is 0 Å². The fourth-order valence-electron chi connectivity index (χ4n) is 2.16. The summed E-state index contributed by atoms with van der Waals surface area (Å²) in [4.78, 5) is 24.5. The highest BCUT2D eigenvalue weighted by molar-refractivity contribution is 6.30. The van der Waals surface area contributed by atoms with Gasteiger partial charge in [-0.05, 0) is 50.2 Å². The highest BCUT2D eigenvalue weighted by atomic mass is 35.5. The molecular formula is C19H20ClNO5. The van der Waals surface area contributed by atoms with Crippen molar-refractivity contribution in [1.29, 1.82) is 0 Å². The third-order valence-corrected chi connectivity index (χ3v) is 3.68. The zero-order valence-corrected chi connectivity index (χ0v) is 15.5. The maximum atomic E-state index is 12.3. The fraction of sp³-hybridized carbons (Fsp3) is 0.263. The Bertz CT molecular complexity index is 793. The van der Waals surface area contributed by atoms with Crippen molar-refractivity contribution in [1.82, 2.24) is 0 Å². The molecule has 1 N–H and O–H groups in total. The Morgan fingerprint density at radius 2 is 1.92 bits per heavy atom. The molecule has 138 valence electrons. The van der Waals surface area contributed by atoms with Crippen molar-refractivity contribution in [2.45, 2.75) is 20.0 Å². The van der Waals surface area contributed by atoms with Crippen LogP contribution >= 0.6 is 11.6 Å². The molecule has 0 spiro atoms. The van der Waals surface area contributed by atoms with E-state index in [0.717, 1.165) is 0 Å². The summed E-state index contributed by atoms with van der Waals surface area (Å²) >= 11 is 5.88. The summed E-state index contributed by atoms with van der Waals surface area (Å²) in [5.74, 6) is -0.158. The highest BCUT2D eigenvalue weighted by Gasteiger charge is 2.20. The molecule has 0 aliphatic heterocycles. The molecule has 0 aliphatic rings. The number of carbonyl (C=O) groups excluding carboxylic acids is 2. The lowest BCUT2D eigenvalue weighted by Crippen LogP contribution is -2.30. The quantitative estimate of drug-likeness (QED) is 0.740. The predicted octanol–water partition coefficient (Wildman–Crippen LogP) is 3.93. The number of esters is 1. The molecule has 1 atom stereocenters. The number of amides is 1. The Morgan fingerprint density at radius 3 is 2.58 bits per heavy atom. The van der Waals surface area contributed by atoms with E-state index in [9.17, 15) is 9.59 Å². The Balaban J connectivity index is 2.02. The maximum absolute atomic E-state index is 12.3. The van der Waals surface area contributed by atoms with Crippen LogP contribution in [0.3, 0.4) is 0 Å². The van der Waals surface area contributed by atoms with Gasteiger partial charge < -0.3 is 19.5 Å². The number of hydrogen-bond acceptors (Lipinski definition) is 5. The highest BCUT2D eigenvalue weighted by Crippen LogP contribution is 2.28. The van der Waals surface area contributed by atoms with Crippen LogP contribution in [0.15, 0.2) is 42.5 Å². The largest absolute Gasteiger partial charge is 0.493 e. The normalized spacial score (nSPS) is 11.4. The van der Waals surface area contributed by atoms with Crippen LogP contribution in [0.25, 0.3) is 0 Å². The molecule has 1 amide bonds. The molecule has 0 radical (unpaired) electrons. The first-order chi connectivity index (χ1) is 12.4. The molecule has 2 aromatic carbocycles. The molecule has 0 unspecified atom stereocenters. The Kier molecular flexibility index (Phi) is 6.86. The summed E-state index contributed by atoms with van der Waals surface area (Å²) in [6.07, 6.45) is -0.987. The monoisotopic (exact) mass is 377 g/mol. The third kappa shape index (κ3) is 5.13. The topological polar surface area (TPSA) is 73.9 Å². The van der Waals surface area contributed by atoms with Crippen LogP contribution in [0.4, 0.5) is 5.69 Å². The van der Waals surface area contributed by atoms with Gasteiger partial charge in [-0.15, -0.1) is 0 Å². The number of hydrogen-bond donors (Lipinski definition) is 1. The molecule has 0 saturated heterocycles. The van der Waals surface area contributed by atoms with Gasteiger partial charge in [-0.3, -0.25) is 4.79 Å². The third-order valence-electron chi connectivity index (χ3n) is 3.44. The average molecular weight is 378 g/mol. The average Bonchev–Trinajstić information content (AvgIpc) is 2.62. The SMILES string of the molecule is CCOc1ccc(C(=O)O[C@@H](C)C(=O)Nc2cccc(Cl)c2)cc1OC. The predicted molar refractivity (Wildman–Crippen MR) is 99.1 cm³/mol. The summed E-state index contributed by atoms with van der Waals surface area (Å²) in [6, 6.07) is 11.4. The molecule has 6 nitrogen and oxygen atoms in total. The summed E-state index contributed by atoms with van der Waals surface area (Å²) in [7, 11) is 1.48. The van der Waals surface area contributed by atoms with Gasteiger partial charge in [-0.1, -0.05) is 17.7 Å². The zero-order valence-electron chi connectivity index (χ0n) is 14.7. The van der Waals surface area contributed by atoms with Gasteiger partial charge in [0.2, 0.25) is 0 Å². The second kappa shape index (κ2) is 9.10. The lowest BCUT2D eigenvalue weighted by molar-refractivity contribution is -0.123. The number of nitrogens with one attached hydrogen (secondary N) is 1. The molecule has 0 heterocycles. The number of carbonyl (C=O) groups is 2. The number of methoxy groups -OCH3 is 1. The van der Waals surface area contributed by atoms with E-state index < -0.39 is 18.0 Å². The van der Waals surface area contributed by atoms with E-state index >= 15 is 0 Å². The molecule has 0 fully saturated rings. The van der Waals surface area contributed by atoms with Crippen LogP contribution in [0, 0.1) is 0 Å². The molecule has 0 aromatic heterocycles. The van der Waals surface area contributed by atoms with Crippen molar-refractivity contribution in [2.24, 2.45) is 0 Å². The van der Waals surface area contributed by atoms with Crippen LogP contribution in [-0.2, 0) is 9.53 Å². The summed E-state index contributed by atoms with van der Waals surface area (Å²) in [6.45, 7) is 3.81. The van der Waals surface area contributed by atoms with Gasteiger partial charge in [0, 0.05) is 10.7 Å². The first-order valence-electron chi connectivity index (χ1n) is 8.02. The minimum absolute atomic E-state index is 0.257. The fourth-order valence-corrected chi connectivity index (χ4v) is 2.35. The van der Waals surface area contributed by atoms with Crippen molar-refractivity contribution in [3.8, 4) is 11.5 Å². The van der Waals surface area contributed by atoms with Crippen molar-refractivity contribution in [3.63, 3.8) is 0 Å². The van der Waals surface area contributed by atoms with E-state index in [2.05, 4.69) is 5.32 Å². The number of benzene rings is 2. The molecule has 26 heavy (non-hydrogen) atoms. The smallest absolute Gasteiger partial charge is 0.339 e. The second-order valence-electron chi connectivity index (χ2n) is 5.35. The van der Waals surface area contributed by atoms with Crippen LogP contribution in [0.1, 0.15) is 24.2 Å². The van der Waals surface area contributed by atoms with Gasteiger partial charge in [0.15, 0.2) is 17.6 Å². The lowest BCUT2D eigenvalue weighted by atomic mass is 10.2. The van der Waals surface area contributed by atoms with Crippen LogP contribution in [0.5, 0.6) is 11.5 Å². The van der Waals surface area contributed by atoms with Gasteiger partial charge in [-0.2, -0.15) is 0 Å². The number of ether oxygens (including phenoxy) is 3. The zero-order chi connectivity index (χ0) is 19.1. The minimum atomic E-state index is -0.987. The van der Waals surface area contributed by atoms with Crippen LogP contribution < -0.4 is 14.8 Å². The Morgan fingerprint density at radius 1 is 1.15 bits per heavy atom. The van der Waals surface area contributed by atoms with Crippen molar-refractivity contribution < 1.29 is 23.8 Å². The number of anilines is 1. The van der Waals surface area contributed by atoms with Crippen LogP contribution in [0.2, 0.25) is 5.02 Å². The van der Waals surface area contributed by atoms with Gasteiger partial charge in [0.05, 0.1) is 19.3 Å². The first kappa shape index (κ1) is 19.6. The molecule has 7 heteroatoms. The molecule has 0 aliphatic carbocycles. The van der Waals surface area contributed by atoms with Gasteiger partial charge in [-0.25, -0.2) is 4.79 Å². The van der Waals surface area contributed by atoms with E-state index in [1.54, 1.807) is 36.4 Å². The van der Waals surface area contributed by atoms with E-state index in [1.165, 1.54) is 20.1 Å².